The van der Waals surface area contributed by atoms with Gasteiger partial charge in [0.25, 0.3) is 5.00 Å². The molecule has 0 aromatic rings. The van der Waals surface area contributed by atoms with Gasteiger partial charge in [-0.1, -0.05) is 19.8 Å². The van der Waals surface area contributed by atoms with Crippen molar-refractivity contribution in [2.45, 2.75) is 44.0 Å². The van der Waals surface area contributed by atoms with Crippen LogP contribution in [0.4, 0.5) is 4.39 Å². The van der Waals surface area contributed by atoms with Crippen molar-refractivity contribution in [2.75, 3.05) is 0 Å². The second-order valence-corrected chi connectivity index (χ2v) is 5.42. The number of carbonyl (C=O) groups is 1. The third-order valence-electron chi connectivity index (χ3n) is 2.96. The molecule has 0 aromatic heterocycles. The first kappa shape index (κ1) is 12.6. The van der Waals surface area contributed by atoms with Crippen LogP contribution in [-0.2, 0) is 14.9 Å². The maximum Gasteiger partial charge on any atom is 0.308 e. The Bertz CT molecular complexity index is 345. The van der Waals surface area contributed by atoms with E-state index in [0.717, 1.165) is 0 Å². The third kappa shape index (κ3) is 2.06. The van der Waals surface area contributed by atoms with Crippen molar-refractivity contribution < 1.29 is 22.2 Å². The van der Waals surface area contributed by atoms with Gasteiger partial charge in [0.1, 0.15) is 0 Å². The summed E-state index contributed by atoms with van der Waals surface area (Å²) in [7, 11) is -4.98. The van der Waals surface area contributed by atoms with E-state index in [-0.39, 0.29) is 6.42 Å². The first-order chi connectivity index (χ1) is 6.84. The quantitative estimate of drug-likeness (QED) is 0.757. The van der Waals surface area contributed by atoms with E-state index < -0.39 is 26.8 Å². The molecule has 1 aliphatic carbocycles. The maximum atomic E-state index is 14.2. The van der Waals surface area contributed by atoms with Gasteiger partial charge in [-0.2, -0.15) is 8.42 Å². The van der Waals surface area contributed by atoms with Crippen LogP contribution >= 0.6 is 0 Å². The van der Waals surface area contributed by atoms with E-state index in [9.17, 15) is 17.6 Å². The van der Waals surface area contributed by atoms with Gasteiger partial charge in [-0.15, -0.1) is 0 Å². The highest BCUT2D eigenvalue weighted by atomic mass is 32.2. The molecule has 0 aromatic carbocycles. The molecule has 0 bridgehead atoms. The summed E-state index contributed by atoms with van der Waals surface area (Å²) >= 11 is 0. The minimum absolute atomic E-state index is 0.229. The van der Waals surface area contributed by atoms with Gasteiger partial charge in [0.2, 0.25) is 0 Å². The smallest absolute Gasteiger partial charge is 0.295 e. The number of hydrogen-bond donors (Lipinski definition) is 1. The maximum absolute atomic E-state index is 14.2. The van der Waals surface area contributed by atoms with Crippen molar-refractivity contribution in [2.24, 2.45) is 5.92 Å². The van der Waals surface area contributed by atoms with Crippen molar-refractivity contribution >= 4 is 15.9 Å². The van der Waals surface area contributed by atoms with E-state index in [1.54, 1.807) is 0 Å². The first-order valence-corrected chi connectivity index (χ1v) is 6.47. The molecule has 0 radical (unpaired) electrons. The molecule has 1 aliphatic rings. The molecule has 15 heavy (non-hydrogen) atoms. The average Bonchev–Trinajstić information content (AvgIpc) is 2.66. The molecule has 0 aliphatic heterocycles. The molecule has 1 unspecified atom stereocenters. The lowest BCUT2D eigenvalue weighted by atomic mass is 9.97. The Balaban J connectivity index is 3.11. The molecule has 1 saturated carbocycles. The summed E-state index contributed by atoms with van der Waals surface area (Å²) < 4.78 is 45.1. The van der Waals surface area contributed by atoms with Crippen LogP contribution < -0.4 is 0 Å². The summed E-state index contributed by atoms with van der Waals surface area (Å²) in [6, 6.07) is 0. The van der Waals surface area contributed by atoms with Gasteiger partial charge < -0.3 is 0 Å². The zero-order chi connectivity index (χ0) is 11.7. The summed E-state index contributed by atoms with van der Waals surface area (Å²) in [6.45, 7) is 1.39. The van der Waals surface area contributed by atoms with E-state index in [0.29, 0.717) is 25.7 Å². The Hall–Kier alpha value is -0.490. The predicted octanol–water partition coefficient (Wildman–Crippen LogP) is 1.71. The summed E-state index contributed by atoms with van der Waals surface area (Å²) in [5.41, 5.74) is 0. The molecule has 6 heteroatoms. The fourth-order valence-electron chi connectivity index (χ4n) is 2.12. The molecule has 0 spiro atoms. The number of halogens is 1. The molecule has 88 valence electrons. The highest BCUT2D eigenvalue weighted by molar-refractivity contribution is 7.88. The molecule has 0 amide bonds. The first-order valence-electron chi connectivity index (χ1n) is 5.03. The molecular formula is C9H15FO4S. The fourth-order valence-corrected chi connectivity index (χ4v) is 3.21. The molecule has 1 atom stereocenters. The highest BCUT2D eigenvalue weighted by Gasteiger charge is 2.56. The van der Waals surface area contributed by atoms with E-state index >= 15 is 0 Å². The van der Waals surface area contributed by atoms with Gasteiger partial charge in [-0.25, -0.2) is 4.39 Å². The Morgan fingerprint density at radius 3 is 2.27 bits per heavy atom. The summed E-state index contributed by atoms with van der Waals surface area (Å²) in [5.74, 6) is -1.93. The van der Waals surface area contributed by atoms with Crippen molar-refractivity contribution in [3.8, 4) is 0 Å². The van der Waals surface area contributed by atoms with Crippen LogP contribution in [0.3, 0.4) is 0 Å². The monoisotopic (exact) mass is 238 g/mol. The largest absolute Gasteiger partial charge is 0.308 e. The highest BCUT2D eigenvalue weighted by Crippen LogP contribution is 2.41. The summed E-state index contributed by atoms with van der Waals surface area (Å²) in [6.07, 6.45) is 1.84. The lowest BCUT2D eigenvalue weighted by molar-refractivity contribution is -0.128. The minimum atomic E-state index is -4.98. The third-order valence-corrected chi connectivity index (χ3v) is 4.27. The fraction of sp³-hybridized carbons (Fsp3) is 0.889. The van der Waals surface area contributed by atoms with Crippen LogP contribution in [-0.4, -0.2) is 23.8 Å². The Kier molecular flexibility index (Phi) is 3.50. The van der Waals surface area contributed by atoms with Gasteiger partial charge in [0.15, 0.2) is 5.78 Å². The van der Waals surface area contributed by atoms with E-state index in [1.165, 1.54) is 6.92 Å². The van der Waals surface area contributed by atoms with Crippen LogP contribution in [0, 0.1) is 5.92 Å². The van der Waals surface area contributed by atoms with Crippen LogP contribution in [0.15, 0.2) is 0 Å². The molecule has 1 fully saturated rings. The molecule has 0 heterocycles. The molecule has 0 saturated heterocycles. The van der Waals surface area contributed by atoms with Crippen LogP contribution in [0.1, 0.15) is 39.0 Å². The van der Waals surface area contributed by atoms with Crippen LogP contribution in [0.5, 0.6) is 0 Å². The standard InChI is InChI=1S/C9H15FO4S/c1-2-8(11)9(10,15(12,13)14)7-5-3-4-6-7/h7H,2-6H2,1H3,(H,12,13,14). The molecule has 4 nitrogen and oxygen atoms in total. The predicted molar refractivity (Wildman–Crippen MR) is 52.6 cm³/mol. The normalized spacial score (nSPS) is 22.6. The van der Waals surface area contributed by atoms with Crippen molar-refractivity contribution in [1.82, 2.24) is 0 Å². The van der Waals surface area contributed by atoms with Crippen molar-refractivity contribution in [1.29, 1.82) is 0 Å². The van der Waals surface area contributed by atoms with Gasteiger partial charge >= 0.3 is 10.1 Å². The zero-order valence-corrected chi connectivity index (χ0v) is 9.39. The second kappa shape index (κ2) is 4.17. The van der Waals surface area contributed by atoms with E-state index in [4.69, 9.17) is 4.55 Å². The number of ketones is 1. The SMILES string of the molecule is CCC(=O)C(F)(C1CCCC1)S(=O)(=O)O. The zero-order valence-electron chi connectivity index (χ0n) is 8.57. The van der Waals surface area contributed by atoms with Crippen molar-refractivity contribution in [3.63, 3.8) is 0 Å². The van der Waals surface area contributed by atoms with Gasteiger partial charge in [-0.05, 0) is 12.8 Å². The number of Topliss-reactive ketones (excluding diaryl/α,β-unsaturated/α-hetero) is 1. The Labute approximate surface area is 88.6 Å². The summed E-state index contributed by atoms with van der Waals surface area (Å²) in [4.78, 5) is 11.4. The van der Waals surface area contributed by atoms with E-state index in [1.807, 2.05) is 0 Å². The number of hydrogen-bond acceptors (Lipinski definition) is 3. The minimum Gasteiger partial charge on any atom is -0.295 e. The second-order valence-electron chi connectivity index (χ2n) is 3.88. The van der Waals surface area contributed by atoms with Crippen LogP contribution in [0.25, 0.3) is 0 Å². The van der Waals surface area contributed by atoms with Crippen molar-refractivity contribution in [3.05, 3.63) is 0 Å². The van der Waals surface area contributed by atoms with Gasteiger partial charge in [-0.3, -0.25) is 9.35 Å². The average molecular weight is 238 g/mol. The lowest BCUT2D eigenvalue weighted by Crippen LogP contribution is -2.47. The topological polar surface area (TPSA) is 71.4 Å². The Morgan fingerprint density at radius 2 is 1.93 bits per heavy atom. The van der Waals surface area contributed by atoms with Gasteiger partial charge in [0, 0.05) is 12.3 Å². The lowest BCUT2D eigenvalue weighted by Gasteiger charge is -2.26. The van der Waals surface area contributed by atoms with Gasteiger partial charge in [0.05, 0.1) is 0 Å². The Morgan fingerprint density at radius 1 is 1.47 bits per heavy atom. The summed E-state index contributed by atoms with van der Waals surface area (Å²) in [5, 5.41) is -3.09. The van der Waals surface area contributed by atoms with E-state index in [2.05, 4.69) is 0 Å². The number of rotatable bonds is 4. The molecule has 1 rings (SSSR count). The molecular weight excluding hydrogens is 223 g/mol. The number of alkyl halides is 1. The van der Waals surface area contributed by atoms with Crippen LogP contribution in [0.2, 0.25) is 0 Å². The number of carbonyl (C=O) groups excluding carboxylic acids is 1. The molecule has 1 N–H and O–H groups in total.